The van der Waals surface area contributed by atoms with E-state index in [1.165, 1.54) is 20.3 Å². The molecule has 1 heterocycles. The molecule has 6 atom stereocenters. The van der Waals surface area contributed by atoms with Crippen LogP contribution in [0.5, 0.6) is 0 Å². The molecule has 0 saturated heterocycles. The number of aliphatic hydroxyl groups is 2. The molecule has 0 saturated carbocycles. The Balaban J connectivity index is 2.50. The molecule has 36 heavy (non-hydrogen) atoms. The highest BCUT2D eigenvalue weighted by Gasteiger charge is 2.32. The summed E-state index contributed by atoms with van der Waals surface area (Å²) in [6, 6.07) is 0. The lowest BCUT2D eigenvalue weighted by molar-refractivity contribution is -0.120. The number of fused-ring (bicyclic) bond motifs is 2. The van der Waals surface area contributed by atoms with E-state index in [2.05, 4.69) is 5.32 Å². The highest BCUT2D eigenvalue weighted by molar-refractivity contribution is 6.23. The monoisotopic (exact) mass is 502 g/mol. The molecule has 1 amide bonds. The molecule has 0 fully saturated rings. The van der Waals surface area contributed by atoms with Gasteiger partial charge in [-0.2, -0.15) is 0 Å². The van der Waals surface area contributed by atoms with Crippen LogP contribution >= 0.6 is 0 Å². The first-order valence-corrected chi connectivity index (χ1v) is 12.0. The van der Waals surface area contributed by atoms with Crippen LogP contribution in [0.25, 0.3) is 0 Å². The molecular weight excluding hydrogens is 464 g/mol. The Kier molecular flexibility index (Phi) is 10.5. The summed E-state index contributed by atoms with van der Waals surface area (Å²) in [5.41, 5.74) is 6.69. The zero-order valence-corrected chi connectivity index (χ0v) is 21.8. The fourth-order valence-electron chi connectivity index (χ4n) is 4.34. The maximum atomic E-state index is 13.1. The highest BCUT2D eigenvalue weighted by atomic mass is 16.5. The third-order valence-electron chi connectivity index (χ3n) is 6.62. The minimum Gasteiger partial charge on any atom is -0.395 e. The molecule has 5 N–H and O–H groups in total. The van der Waals surface area contributed by atoms with E-state index in [0.717, 1.165) is 6.08 Å². The second kappa shape index (κ2) is 12.9. The summed E-state index contributed by atoms with van der Waals surface area (Å²) in [5.74, 6) is -2.16. The summed E-state index contributed by atoms with van der Waals surface area (Å²) in [6.45, 7) is 7.00. The van der Waals surface area contributed by atoms with Gasteiger partial charge in [0.25, 0.3) is 5.91 Å². The van der Waals surface area contributed by atoms with E-state index >= 15 is 0 Å². The predicted octanol–water partition coefficient (Wildman–Crippen LogP) is 1.62. The van der Waals surface area contributed by atoms with E-state index in [-0.39, 0.29) is 40.8 Å². The first-order chi connectivity index (χ1) is 16.9. The minimum atomic E-state index is -0.978. The van der Waals surface area contributed by atoms with Gasteiger partial charge in [0, 0.05) is 37.4 Å². The van der Waals surface area contributed by atoms with E-state index in [1.807, 2.05) is 13.8 Å². The molecule has 0 aromatic carbocycles. The van der Waals surface area contributed by atoms with E-state index in [9.17, 15) is 24.6 Å². The van der Waals surface area contributed by atoms with Gasteiger partial charge in [-0.05, 0) is 38.2 Å². The predicted molar refractivity (Wildman–Crippen MR) is 135 cm³/mol. The lowest BCUT2D eigenvalue weighted by Gasteiger charge is -2.29. The molecule has 0 aromatic heterocycles. The second-order valence-electron chi connectivity index (χ2n) is 9.56. The molecule has 9 nitrogen and oxygen atoms in total. The summed E-state index contributed by atoms with van der Waals surface area (Å²) < 4.78 is 11.0. The molecule has 1 aliphatic heterocycles. The van der Waals surface area contributed by atoms with Gasteiger partial charge < -0.3 is 30.7 Å². The fraction of sp³-hybridized carbons (Fsp3) is 0.519. The molecule has 2 aliphatic rings. The van der Waals surface area contributed by atoms with Crippen molar-refractivity contribution < 1.29 is 34.1 Å². The van der Waals surface area contributed by atoms with Crippen LogP contribution in [0.15, 0.2) is 58.5 Å². The van der Waals surface area contributed by atoms with Crippen molar-refractivity contribution in [2.45, 2.75) is 65.0 Å². The Hall–Kier alpha value is -2.85. The molecule has 2 rings (SSSR count). The number of amides is 1. The second-order valence-corrected chi connectivity index (χ2v) is 9.56. The van der Waals surface area contributed by atoms with Crippen LogP contribution in [0.1, 0.15) is 40.5 Å². The van der Waals surface area contributed by atoms with Gasteiger partial charge in [-0.1, -0.05) is 38.2 Å². The van der Waals surface area contributed by atoms with Crippen molar-refractivity contribution in [2.75, 3.05) is 14.2 Å². The normalized spacial score (nSPS) is 35.3. The van der Waals surface area contributed by atoms with Crippen LogP contribution in [-0.2, 0) is 23.9 Å². The van der Waals surface area contributed by atoms with Gasteiger partial charge in [0.1, 0.15) is 12.2 Å². The number of nitrogens with one attached hydrogen (secondary N) is 1. The first kappa shape index (κ1) is 29.4. The van der Waals surface area contributed by atoms with E-state index < -0.39 is 41.9 Å². The van der Waals surface area contributed by atoms with Crippen LogP contribution in [0.4, 0.5) is 0 Å². The number of rotatable bonds is 2. The molecular formula is C27H38N2O7. The smallest absolute Gasteiger partial charge is 0.251 e. The first-order valence-electron chi connectivity index (χ1n) is 12.0. The van der Waals surface area contributed by atoms with Crippen molar-refractivity contribution in [2.24, 2.45) is 17.6 Å². The maximum Gasteiger partial charge on any atom is 0.251 e. The van der Waals surface area contributed by atoms with Crippen LogP contribution in [0, 0.1) is 11.8 Å². The fourth-order valence-corrected chi connectivity index (χ4v) is 4.34. The van der Waals surface area contributed by atoms with Gasteiger partial charge >= 0.3 is 0 Å². The van der Waals surface area contributed by atoms with Crippen molar-refractivity contribution in [3.05, 3.63) is 58.5 Å². The van der Waals surface area contributed by atoms with Gasteiger partial charge in [0.05, 0.1) is 23.6 Å². The van der Waals surface area contributed by atoms with Crippen molar-refractivity contribution in [3.63, 3.8) is 0 Å². The van der Waals surface area contributed by atoms with Gasteiger partial charge in [-0.3, -0.25) is 14.4 Å². The topological polar surface area (TPSA) is 148 Å². The van der Waals surface area contributed by atoms with Crippen molar-refractivity contribution in [3.8, 4) is 0 Å². The third-order valence-corrected chi connectivity index (χ3v) is 6.62. The lowest BCUT2D eigenvalue weighted by atomic mass is 9.85. The number of carbonyl (C=O) groups excluding carboxylic acids is 3. The minimum absolute atomic E-state index is 0.129. The summed E-state index contributed by atoms with van der Waals surface area (Å²) in [7, 11) is 2.95. The van der Waals surface area contributed by atoms with Gasteiger partial charge in [-0.25, -0.2) is 0 Å². The zero-order valence-electron chi connectivity index (χ0n) is 21.8. The van der Waals surface area contributed by atoms with Crippen molar-refractivity contribution in [1.29, 1.82) is 0 Å². The molecule has 0 unspecified atom stereocenters. The summed E-state index contributed by atoms with van der Waals surface area (Å²) in [5, 5.41) is 24.3. The number of hydrogen-bond acceptors (Lipinski definition) is 8. The molecule has 0 spiro atoms. The largest absolute Gasteiger partial charge is 0.395 e. The van der Waals surface area contributed by atoms with Gasteiger partial charge in [0.15, 0.2) is 0 Å². The Morgan fingerprint density at radius 1 is 1.08 bits per heavy atom. The summed E-state index contributed by atoms with van der Waals surface area (Å²) >= 11 is 0. The Morgan fingerprint density at radius 2 is 1.75 bits per heavy atom. The number of ether oxygens (including phenoxy) is 2. The summed E-state index contributed by atoms with van der Waals surface area (Å²) in [4.78, 5) is 38.2. The summed E-state index contributed by atoms with van der Waals surface area (Å²) in [6.07, 6.45) is 4.89. The van der Waals surface area contributed by atoms with Crippen molar-refractivity contribution >= 4 is 17.5 Å². The molecule has 9 heteroatoms. The number of ketones is 2. The Morgan fingerprint density at radius 3 is 2.36 bits per heavy atom. The van der Waals surface area contributed by atoms with E-state index in [4.69, 9.17) is 15.2 Å². The maximum absolute atomic E-state index is 13.1. The standard InChI is InChI=1S/C27H38N2O7/c1-14-10-18-23(28)20(30)13-19(26(18)33)29-27(34)15(2)8-7-9-21(35-5)24(31)16(3)12-17(4)25(32)22(11-14)36-6/h7-9,12-14,17,21-22,24-25,31-32H,10-11,28H2,1-6H3,(H,29,34)/b9-7-,15-8-,16-12-/t14-,17+,21+,22+,24+,25-/m1/s1. The van der Waals surface area contributed by atoms with Crippen molar-refractivity contribution in [1.82, 2.24) is 5.32 Å². The molecule has 2 bridgehead atoms. The number of allylic oxidation sites excluding steroid dienone is 4. The third kappa shape index (κ3) is 7.10. The van der Waals surface area contributed by atoms with Crippen LogP contribution in [0.3, 0.4) is 0 Å². The van der Waals surface area contributed by atoms with Crippen LogP contribution in [0.2, 0.25) is 0 Å². The highest BCUT2D eigenvalue weighted by Crippen LogP contribution is 2.27. The number of Topliss-reactive ketones (excluding diaryl/α,β-unsaturated/α-hetero) is 1. The van der Waals surface area contributed by atoms with Crippen LogP contribution in [-0.4, -0.2) is 66.3 Å². The van der Waals surface area contributed by atoms with Crippen LogP contribution < -0.4 is 11.1 Å². The number of hydrogen-bond donors (Lipinski definition) is 4. The zero-order chi connectivity index (χ0) is 27.2. The average molecular weight is 503 g/mol. The number of methoxy groups -OCH3 is 2. The Labute approximate surface area is 212 Å². The SMILES string of the molecule is CO[C@H]1/C=C\C=C(\C)C(=O)NC2=CC(=O)C(N)=C(C[C@@H](C)C[C@H](OC)[C@H](O)[C@@H](C)/C=C(/C)[C@@H]1O)C2=O. The van der Waals surface area contributed by atoms with E-state index in [1.54, 1.807) is 32.1 Å². The quantitative estimate of drug-likeness (QED) is 0.329. The number of aliphatic hydroxyl groups excluding tert-OH is 2. The van der Waals surface area contributed by atoms with Gasteiger partial charge in [0.2, 0.25) is 11.6 Å². The average Bonchev–Trinajstić information content (AvgIpc) is 2.84. The number of carbonyl (C=O) groups is 3. The molecule has 1 aliphatic carbocycles. The Bertz CT molecular complexity index is 1020. The molecule has 198 valence electrons. The van der Waals surface area contributed by atoms with Gasteiger partial charge in [-0.15, -0.1) is 0 Å². The van der Waals surface area contributed by atoms with E-state index in [0.29, 0.717) is 12.0 Å². The number of nitrogens with two attached hydrogens (primary N) is 1. The molecule has 0 aromatic rings. The lowest BCUT2D eigenvalue weighted by Crippen LogP contribution is -2.36. The molecule has 0 radical (unpaired) electrons.